The van der Waals surface area contributed by atoms with Crippen molar-refractivity contribution in [2.75, 3.05) is 20.2 Å². The summed E-state index contributed by atoms with van der Waals surface area (Å²) in [5.41, 5.74) is 0.835. The lowest BCUT2D eigenvalue weighted by molar-refractivity contribution is 0.0936. The van der Waals surface area contributed by atoms with Gasteiger partial charge in [0.25, 0.3) is 0 Å². The van der Waals surface area contributed by atoms with E-state index in [9.17, 15) is 0 Å². The third kappa shape index (κ3) is 4.78. The van der Waals surface area contributed by atoms with E-state index in [1.54, 1.807) is 19.2 Å². The first kappa shape index (κ1) is 19.1. The van der Waals surface area contributed by atoms with Crippen LogP contribution in [0.25, 0.3) is 11.4 Å². The highest BCUT2D eigenvalue weighted by Gasteiger charge is 2.20. The number of halogens is 1. The Bertz CT molecular complexity index is 990. The van der Waals surface area contributed by atoms with Crippen molar-refractivity contribution in [3.8, 4) is 22.9 Å². The van der Waals surface area contributed by atoms with Gasteiger partial charge in [-0.3, -0.25) is 4.99 Å². The van der Waals surface area contributed by atoms with Gasteiger partial charge in [0, 0.05) is 17.6 Å². The second-order valence-electron chi connectivity index (χ2n) is 6.32. The molecule has 29 heavy (non-hydrogen) atoms. The molecule has 8 nitrogen and oxygen atoms in total. The van der Waals surface area contributed by atoms with Gasteiger partial charge in [-0.1, -0.05) is 28.9 Å². The van der Waals surface area contributed by atoms with Gasteiger partial charge < -0.3 is 24.6 Å². The molecule has 0 amide bonds. The molecule has 2 aromatic carbocycles. The predicted molar refractivity (Wildman–Crippen MR) is 109 cm³/mol. The van der Waals surface area contributed by atoms with Crippen molar-refractivity contribution in [1.82, 2.24) is 20.8 Å². The lowest BCUT2D eigenvalue weighted by Crippen LogP contribution is -2.45. The molecule has 150 valence electrons. The number of nitrogens with one attached hydrogen (secondary N) is 2. The molecule has 2 heterocycles. The first-order chi connectivity index (χ1) is 14.2. The van der Waals surface area contributed by atoms with Gasteiger partial charge in [-0.15, -0.1) is 0 Å². The number of aliphatic imine (C=N–C) groups is 1. The number of aromatic nitrogens is 2. The Labute approximate surface area is 172 Å². The van der Waals surface area contributed by atoms with E-state index in [-0.39, 0.29) is 6.10 Å². The van der Waals surface area contributed by atoms with E-state index in [0.29, 0.717) is 42.4 Å². The molecule has 0 aliphatic carbocycles. The van der Waals surface area contributed by atoms with Crippen LogP contribution in [-0.2, 0) is 6.54 Å². The molecule has 0 saturated carbocycles. The van der Waals surface area contributed by atoms with E-state index in [4.69, 9.17) is 25.6 Å². The fraction of sp³-hybridized carbons (Fsp3) is 0.250. The van der Waals surface area contributed by atoms with Crippen molar-refractivity contribution < 1.29 is 14.0 Å². The van der Waals surface area contributed by atoms with Gasteiger partial charge in [0.1, 0.15) is 12.7 Å². The van der Waals surface area contributed by atoms with E-state index < -0.39 is 0 Å². The molecule has 4 rings (SSSR count). The molecule has 2 N–H and O–H groups in total. The largest absolute Gasteiger partial charge is 0.486 e. The zero-order valence-corrected chi connectivity index (χ0v) is 16.5. The Morgan fingerprint density at radius 2 is 1.93 bits per heavy atom. The number of hydrogen-bond acceptors (Lipinski definition) is 6. The number of rotatable bonds is 5. The van der Waals surface area contributed by atoms with Crippen LogP contribution >= 0.6 is 11.6 Å². The number of benzene rings is 2. The molecule has 9 heteroatoms. The average molecular weight is 414 g/mol. The van der Waals surface area contributed by atoms with Gasteiger partial charge in [-0.25, -0.2) is 0 Å². The Morgan fingerprint density at radius 3 is 2.72 bits per heavy atom. The highest BCUT2D eigenvalue weighted by Crippen LogP contribution is 2.30. The second-order valence-corrected chi connectivity index (χ2v) is 6.76. The summed E-state index contributed by atoms with van der Waals surface area (Å²) < 4.78 is 16.9. The van der Waals surface area contributed by atoms with Crippen molar-refractivity contribution in [1.29, 1.82) is 0 Å². The summed E-state index contributed by atoms with van der Waals surface area (Å²) >= 11 is 5.90. The van der Waals surface area contributed by atoms with Crippen molar-refractivity contribution >= 4 is 17.6 Å². The Balaban J connectivity index is 1.27. The number of nitrogens with zero attached hydrogens (tertiary/aromatic N) is 3. The minimum absolute atomic E-state index is 0.122. The van der Waals surface area contributed by atoms with Gasteiger partial charge in [0.15, 0.2) is 17.5 Å². The number of fused-ring (bicyclic) bond motifs is 1. The zero-order chi connectivity index (χ0) is 20.1. The predicted octanol–water partition coefficient (Wildman–Crippen LogP) is 2.90. The van der Waals surface area contributed by atoms with Crippen molar-refractivity contribution in [2.45, 2.75) is 12.6 Å². The fourth-order valence-corrected chi connectivity index (χ4v) is 2.92. The normalized spacial score (nSPS) is 15.8. The molecule has 1 unspecified atom stereocenters. The van der Waals surface area contributed by atoms with E-state index in [0.717, 1.165) is 17.1 Å². The smallest absolute Gasteiger partial charge is 0.246 e. The third-order valence-corrected chi connectivity index (χ3v) is 4.52. The van der Waals surface area contributed by atoms with E-state index in [1.165, 1.54) is 0 Å². The maximum Gasteiger partial charge on any atom is 0.246 e. The van der Waals surface area contributed by atoms with Crippen LogP contribution in [0.15, 0.2) is 58.0 Å². The summed E-state index contributed by atoms with van der Waals surface area (Å²) in [5.74, 6) is 3.06. The average Bonchev–Trinajstić information content (AvgIpc) is 3.23. The highest BCUT2D eigenvalue weighted by atomic mass is 35.5. The van der Waals surface area contributed by atoms with Crippen LogP contribution in [0.3, 0.4) is 0 Å². The molecule has 1 atom stereocenters. The molecule has 1 aliphatic heterocycles. The number of para-hydroxylation sites is 2. The van der Waals surface area contributed by atoms with Crippen LogP contribution in [0.1, 0.15) is 5.89 Å². The monoisotopic (exact) mass is 413 g/mol. The summed E-state index contributed by atoms with van der Waals surface area (Å²) in [6.07, 6.45) is -0.122. The zero-order valence-electron chi connectivity index (χ0n) is 15.8. The number of hydrogen-bond donors (Lipinski definition) is 2. The standard InChI is InChI=1S/C20H20ClN5O3/c1-22-20(23-10-15-12-27-16-4-2-3-5-17(16)28-15)24-11-18-25-19(26-29-18)13-6-8-14(21)9-7-13/h2-9,15H,10-12H2,1H3,(H2,22,23,24). The topological polar surface area (TPSA) is 93.8 Å². The summed E-state index contributed by atoms with van der Waals surface area (Å²) in [4.78, 5) is 8.58. The molecule has 0 radical (unpaired) electrons. The SMILES string of the molecule is CN=C(NCc1nc(-c2ccc(Cl)cc2)no1)NCC1COc2ccccc2O1. The lowest BCUT2D eigenvalue weighted by atomic mass is 10.2. The maximum absolute atomic E-state index is 5.93. The maximum atomic E-state index is 5.93. The van der Waals surface area contributed by atoms with Gasteiger partial charge >= 0.3 is 0 Å². The molecule has 0 spiro atoms. The summed E-state index contributed by atoms with van der Waals surface area (Å²) in [6, 6.07) is 14.9. The Morgan fingerprint density at radius 1 is 1.14 bits per heavy atom. The first-order valence-corrected chi connectivity index (χ1v) is 9.50. The van der Waals surface area contributed by atoms with E-state index in [1.807, 2.05) is 36.4 Å². The molecular weight excluding hydrogens is 394 g/mol. The Hall–Kier alpha value is -3.26. The summed E-state index contributed by atoms with van der Waals surface area (Å²) in [6.45, 7) is 1.34. The first-order valence-electron chi connectivity index (χ1n) is 9.13. The minimum Gasteiger partial charge on any atom is -0.486 e. The van der Waals surface area contributed by atoms with Crippen LogP contribution in [0.4, 0.5) is 0 Å². The number of guanidine groups is 1. The number of ether oxygens (including phenoxy) is 2. The third-order valence-electron chi connectivity index (χ3n) is 4.27. The summed E-state index contributed by atoms with van der Waals surface area (Å²) in [7, 11) is 1.69. The second kappa shape index (κ2) is 8.83. The molecule has 0 bridgehead atoms. The van der Waals surface area contributed by atoms with Crippen molar-refractivity contribution in [2.24, 2.45) is 4.99 Å². The van der Waals surface area contributed by atoms with Gasteiger partial charge in [-0.2, -0.15) is 4.98 Å². The fourth-order valence-electron chi connectivity index (χ4n) is 2.80. The van der Waals surface area contributed by atoms with Gasteiger partial charge in [0.05, 0.1) is 13.1 Å². The van der Waals surface area contributed by atoms with Crippen LogP contribution in [0.5, 0.6) is 11.5 Å². The molecule has 0 fully saturated rings. The van der Waals surface area contributed by atoms with Crippen LogP contribution < -0.4 is 20.1 Å². The quantitative estimate of drug-likeness (QED) is 0.490. The Kier molecular flexibility index (Phi) is 5.81. The highest BCUT2D eigenvalue weighted by molar-refractivity contribution is 6.30. The van der Waals surface area contributed by atoms with Gasteiger partial charge in [-0.05, 0) is 36.4 Å². The molecule has 1 aliphatic rings. The van der Waals surface area contributed by atoms with E-state index >= 15 is 0 Å². The molecular formula is C20H20ClN5O3. The van der Waals surface area contributed by atoms with Gasteiger partial charge in [0.2, 0.25) is 11.7 Å². The summed E-state index contributed by atoms with van der Waals surface area (Å²) in [5, 5.41) is 11.0. The van der Waals surface area contributed by atoms with Crippen LogP contribution in [0.2, 0.25) is 5.02 Å². The van der Waals surface area contributed by atoms with E-state index in [2.05, 4.69) is 25.8 Å². The minimum atomic E-state index is -0.122. The van der Waals surface area contributed by atoms with Crippen molar-refractivity contribution in [3.63, 3.8) is 0 Å². The molecule has 0 saturated heterocycles. The van der Waals surface area contributed by atoms with Crippen LogP contribution in [-0.4, -0.2) is 42.4 Å². The molecule has 3 aromatic rings. The molecule has 1 aromatic heterocycles. The van der Waals surface area contributed by atoms with Crippen molar-refractivity contribution in [3.05, 3.63) is 59.4 Å². The van der Waals surface area contributed by atoms with Crippen LogP contribution in [0, 0.1) is 0 Å². The lowest BCUT2D eigenvalue weighted by Gasteiger charge is -2.27.